The predicted octanol–water partition coefficient (Wildman–Crippen LogP) is 2.25. The molecule has 0 aliphatic heterocycles. The molecule has 1 heterocycles. The molecule has 4 nitrogen and oxygen atoms in total. The Morgan fingerprint density at radius 3 is 2.31 bits per heavy atom. The van der Waals surface area contributed by atoms with E-state index >= 15 is 0 Å². The van der Waals surface area contributed by atoms with Crippen LogP contribution in [0, 0.1) is 13.8 Å². The van der Waals surface area contributed by atoms with Crippen LogP contribution in [0.4, 0.5) is 0 Å². The van der Waals surface area contributed by atoms with Crippen molar-refractivity contribution in [3.05, 3.63) is 44.4 Å². The molecule has 5 heteroatoms. The van der Waals surface area contributed by atoms with Crippen molar-refractivity contribution in [3.8, 4) is 11.6 Å². The number of aromatic nitrogens is 2. The highest BCUT2D eigenvalue weighted by atomic mass is 79.9. The van der Waals surface area contributed by atoms with Crippen molar-refractivity contribution in [2.24, 2.45) is 0 Å². The molecule has 0 saturated heterocycles. The second kappa shape index (κ2) is 3.83. The Labute approximate surface area is 101 Å². The third-order valence-corrected chi connectivity index (χ3v) is 3.69. The van der Waals surface area contributed by atoms with E-state index in [1.807, 2.05) is 26.0 Å². The van der Waals surface area contributed by atoms with Gasteiger partial charge < -0.3 is 10.1 Å². The molecule has 0 atom stereocenters. The van der Waals surface area contributed by atoms with Gasteiger partial charge in [0.05, 0.1) is 11.9 Å². The molecule has 16 heavy (non-hydrogen) atoms. The molecule has 0 amide bonds. The Morgan fingerprint density at radius 2 is 1.88 bits per heavy atom. The number of aryl methyl sites for hydroxylation is 2. The molecule has 0 radical (unpaired) electrons. The van der Waals surface area contributed by atoms with E-state index in [1.54, 1.807) is 0 Å². The molecule has 0 aliphatic carbocycles. The standard InChI is InChI=1S/C11H11BrN2O2/c1-6-3-8(4-7(2)10(6)12)14-9(15)5-13-11(14)16/h3-5,15H,1-2H3,(H,13,16). The lowest BCUT2D eigenvalue weighted by Gasteiger charge is -2.08. The number of imidazole rings is 1. The number of rotatable bonds is 1. The van der Waals surface area contributed by atoms with Crippen LogP contribution in [0.1, 0.15) is 11.1 Å². The number of nitrogens with one attached hydrogen (secondary N) is 1. The number of benzene rings is 1. The Hall–Kier alpha value is -1.49. The first-order valence-corrected chi connectivity index (χ1v) is 5.56. The first kappa shape index (κ1) is 11.0. The minimum atomic E-state index is -0.348. The summed E-state index contributed by atoms with van der Waals surface area (Å²) in [5.41, 5.74) is 2.34. The van der Waals surface area contributed by atoms with Gasteiger partial charge in [0.25, 0.3) is 0 Å². The smallest absolute Gasteiger partial charge is 0.333 e. The zero-order valence-corrected chi connectivity index (χ0v) is 10.5. The number of H-pyrrole nitrogens is 1. The third-order valence-electron chi connectivity index (χ3n) is 2.44. The average molecular weight is 283 g/mol. The predicted molar refractivity (Wildman–Crippen MR) is 65.2 cm³/mol. The van der Waals surface area contributed by atoms with Crippen LogP contribution in [-0.2, 0) is 0 Å². The van der Waals surface area contributed by atoms with Crippen LogP contribution in [-0.4, -0.2) is 14.7 Å². The summed E-state index contributed by atoms with van der Waals surface area (Å²) in [5.74, 6) is -0.0916. The molecule has 0 fully saturated rings. The lowest BCUT2D eigenvalue weighted by Crippen LogP contribution is -2.14. The summed E-state index contributed by atoms with van der Waals surface area (Å²) in [4.78, 5) is 13.9. The minimum absolute atomic E-state index is 0.0916. The van der Waals surface area contributed by atoms with Crippen molar-refractivity contribution in [2.75, 3.05) is 0 Å². The van der Waals surface area contributed by atoms with Crippen LogP contribution < -0.4 is 5.69 Å². The highest BCUT2D eigenvalue weighted by Crippen LogP contribution is 2.25. The first-order chi connectivity index (χ1) is 7.50. The van der Waals surface area contributed by atoms with E-state index in [9.17, 15) is 9.90 Å². The van der Waals surface area contributed by atoms with E-state index < -0.39 is 0 Å². The summed E-state index contributed by atoms with van der Waals surface area (Å²) in [7, 11) is 0. The quantitative estimate of drug-likeness (QED) is 0.843. The van der Waals surface area contributed by atoms with Crippen molar-refractivity contribution in [1.82, 2.24) is 9.55 Å². The molecule has 0 spiro atoms. The van der Waals surface area contributed by atoms with Crippen LogP contribution in [0.3, 0.4) is 0 Å². The van der Waals surface area contributed by atoms with Gasteiger partial charge in [0, 0.05) is 4.47 Å². The number of aromatic hydroxyl groups is 1. The Balaban J connectivity index is 2.71. The van der Waals surface area contributed by atoms with Gasteiger partial charge in [0.15, 0.2) is 0 Å². The number of halogens is 1. The topological polar surface area (TPSA) is 58.0 Å². The molecule has 2 aromatic rings. The van der Waals surface area contributed by atoms with E-state index in [4.69, 9.17) is 0 Å². The fourth-order valence-electron chi connectivity index (χ4n) is 1.66. The van der Waals surface area contributed by atoms with Gasteiger partial charge in [-0.3, -0.25) is 0 Å². The maximum Gasteiger partial charge on any atom is 0.333 e. The van der Waals surface area contributed by atoms with E-state index in [1.165, 1.54) is 10.8 Å². The Kier molecular flexibility index (Phi) is 2.63. The van der Waals surface area contributed by atoms with Gasteiger partial charge in [0.1, 0.15) is 0 Å². The number of hydrogen-bond acceptors (Lipinski definition) is 2. The van der Waals surface area contributed by atoms with Crippen LogP contribution in [0.2, 0.25) is 0 Å². The highest BCUT2D eigenvalue weighted by Gasteiger charge is 2.09. The monoisotopic (exact) mass is 282 g/mol. The van der Waals surface area contributed by atoms with E-state index in [-0.39, 0.29) is 11.6 Å². The maximum absolute atomic E-state index is 11.5. The van der Waals surface area contributed by atoms with Crippen LogP contribution in [0.15, 0.2) is 27.6 Å². The number of aromatic amines is 1. The largest absolute Gasteiger partial charge is 0.493 e. The van der Waals surface area contributed by atoms with E-state index in [2.05, 4.69) is 20.9 Å². The fraction of sp³-hybridized carbons (Fsp3) is 0.182. The first-order valence-electron chi connectivity index (χ1n) is 4.77. The van der Waals surface area contributed by atoms with E-state index in [0.717, 1.165) is 15.6 Å². The Morgan fingerprint density at radius 1 is 1.31 bits per heavy atom. The molecule has 2 N–H and O–H groups in total. The molecule has 2 rings (SSSR count). The molecular weight excluding hydrogens is 272 g/mol. The Bertz CT molecular complexity index is 575. The summed E-state index contributed by atoms with van der Waals surface area (Å²) in [6.07, 6.45) is 1.27. The molecule has 0 unspecified atom stereocenters. The second-order valence-corrected chi connectivity index (χ2v) is 4.47. The van der Waals surface area contributed by atoms with E-state index in [0.29, 0.717) is 5.69 Å². The maximum atomic E-state index is 11.5. The average Bonchev–Trinajstić information content (AvgIpc) is 2.54. The minimum Gasteiger partial charge on any atom is -0.493 e. The van der Waals surface area contributed by atoms with Crippen molar-refractivity contribution in [1.29, 1.82) is 0 Å². The molecule has 0 bridgehead atoms. The summed E-state index contributed by atoms with van der Waals surface area (Å²) in [5, 5.41) is 9.56. The van der Waals surface area contributed by atoms with Gasteiger partial charge in [-0.15, -0.1) is 0 Å². The zero-order chi connectivity index (χ0) is 11.9. The molecule has 84 valence electrons. The van der Waals surface area contributed by atoms with Crippen molar-refractivity contribution in [2.45, 2.75) is 13.8 Å². The van der Waals surface area contributed by atoms with Crippen molar-refractivity contribution >= 4 is 15.9 Å². The van der Waals surface area contributed by atoms with Gasteiger partial charge in [-0.2, -0.15) is 0 Å². The normalized spacial score (nSPS) is 10.7. The second-order valence-electron chi connectivity index (χ2n) is 3.68. The van der Waals surface area contributed by atoms with Crippen LogP contribution in [0.25, 0.3) is 5.69 Å². The highest BCUT2D eigenvalue weighted by molar-refractivity contribution is 9.10. The molecule has 0 saturated carbocycles. The summed E-state index contributed by atoms with van der Waals surface area (Å²) < 4.78 is 2.24. The molecule has 1 aromatic carbocycles. The fourth-order valence-corrected chi connectivity index (χ4v) is 1.89. The van der Waals surface area contributed by atoms with Crippen LogP contribution in [0.5, 0.6) is 5.88 Å². The SMILES string of the molecule is Cc1cc(-n2c(O)c[nH]c2=O)cc(C)c1Br. The van der Waals surface area contributed by atoms with Gasteiger partial charge >= 0.3 is 5.69 Å². The summed E-state index contributed by atoms with van der Waals surface area (Å²) in [6.45, 7) is 3.88. The summed E-state index contributed by atoms with van der Waals surface area (Å²) in [6, 6.07) is 3.68. The molecule has 0 aliphatic rings. The van der Waals surface area contributed by atoms with Crippen LogP contribution >= 0.6 is 15.9 Å². The lowest BCUT2D eigenvalue weighted by molar-refractivity contribution is 0.441. The lowest BCUT2D eigenvalue weighted by atomic mass is 10.1. The van der Waals surface area contributed by atoms with Gasteiger partial charge in [-0.1, -0.05) is 15.9 Å². The molecule has 1 aromatic heterocycles. The van der Waals surface area contributed by atoms with Gasteiger partial charge in [-0.05, 0) is 37.1 Å². The van der Waals surface area contributed by atoms with Crippen molar-refractivity contribution < 1.29 is 5.11 Å². The summed E-state index contributed by atoms with van der Waals surface area (Å²) >= 11 is 3.46. The van der Waals surface area contributed by atoms with Gasteiger partial charge in [-0.25, -0.2) is 9.36 Å². The molecular formula is C11H11BrN2O2. The van der Waals surface area contributed by atoms with Crippen molar-refractivity contribution in [3.63, 3.8) is 0 Å². The third kappa shape index (κ3) is 1.67. The zero-order valence-electron chi connectivity index (χ0n) is 8.91. The number of nitrogens with zero attached hydrogens (tertiary/aromatic N) is 1. The van der Waals surface area contributed by atoms with Gasteiger partial charge in [0.2, 0.25) is 5.88 Å². The number of hydrogen-bond donors (Lipinski definition) is 2.